The molecule has 9 heteroatoms. The van der Waals surface area contributed by atoms with Crippen LogP contribution in [-0.4, -0.2) is 53.3 Å². The molecule has 0 saturated heterocycles. The minimum Gasteiger partial charge on any atom is -0.458 e. The Hall–Kier alpha value is -3.10. The van der Waals surface area contributed by atoms with Crippen molar-refractivity contribution in [1.29, 1.82) is 0 Å². The van der Waals surface area contributed by atoms with E-state index >= 15 is 0 Å². The van der Waals surface area contributed by atoms with Gasteiger partial charge in [0.15, 0.2) is 0 Å². The Morgan fingerprint density at radius 2 is 1.72 bits per heavy atom. The number of benzene rings is 1. The number of nitrogens with one attached hydrogen (secondary N) is 1. The van der Waals surface area contributed by atoms with Gasteiger partial charge in [0.05, 0.1) is 13.2 Å². The highest BCUT2D eigenvalue weighted by Gasteiger charge is 2.61. The standard InChI is InChI=1S/C20H26N2O7/c1-6-27-17(25)21-22(18(26)28-7-2)20(16(24)29-19(3,4)5)12-13-10-8-9-11-14(13)15(20)23/h8-11H,6-7,12H2,1-5H3,(H,21,25)/t20-/m0/s1. The maximum atomic E-state index is 13.4. The Morgan fingerprint density at radius 3 is 2.28 bits per heavy atom. The number of ketones is 1. The van der Waals surface area contributed by atoms with Gasteiger partial charge in [0.25, 0.3) is 0 Å². The highest BCUT2D eigenvalue weighted by Crippen LogP contribution is 2.36. The molecule has 0 spiro atoms. The maximum Gasteiger partial charge on any atom is 0.430 e. The van der Waals surface area contributed by atoms with Crippen LogP contribution in [0, 0.1) is 0 Å². The van der Waals surface area contributed by atoms with Crippen molar-refractivity contribution in [1.82, 2.24) is 10.4 Å². The molecule has 1 aromatic carbocycles. The summed E-state index contributed by atoms with van der Waals surface area (Å²) < 4.78 is 15.3. The molecule has 0 bridgehead atoms. The topological polar surface area (TPSA) is 111 Å². The zero-order valence-electron chi connectivity index (χ0n) is 17.2. The summed E-state index contributed by atoms with van der Waals surface area (Å²) in [7, 11) is 0. The summed E-state index contributed by atoms with van der Waals surface area (Å²) in [6.07, 6.45) is -2.26. The molecule has 0 aromatic heterocycles. The zero-order chi connectivity index (χ0) is 21.8. The van der Waals surface area contributed by atoms with E-state index in [-0.39, 0.29) is 25.2 Å². The van der Waals surface area contributed by atoms with E-state index in [1.807, 2.05) is 0 Å². The second-order valence-corrected chi connectivity index (χ2v) is 7.39. The average molecular weight is 406 g/mol. The van der Waals surface area contributed by atoms with E-state index in [2.05, 4.69) is 5.43 Å². The molecule has 1 atom stereocenters. The first-order valence-electron chi connectivity index (χ1n) is 9.33. The number of amides is 2. The van der Waals surface area contributed by atoms with Crippen LogP contribution in [0.3, 0.4) is 0 Å². The molecule has 1 aliphatic carbocycles. The molecular formula is C20H26N2O7. The van der Waals surface area contributed by atoms with E-state index in [0.29, 0.717) is 10.6 Å². The fourth-order valence-electron chi connectivity index (χ4n) is 3.01. The van der Waals surface area contributed by atoms with Gasteiger partial charge >= 0.3 is 18.2 Å². The van der Waals surface area contributed by atoms with Gasteiger partial charge in [-0.1, -0.05) is 24.3 Å². The molecule has 0 fully saturated rings. The highest BCUT2D eigenvalue weighted by molar-refractivity contribution is 6.21. The van der Waals surface area contributed by atoms with Crippen LogP contribution in [0.15, 0.2) is 24.3 Å². The Bertz CT molecular complexity index is 815. The molecule has 0 aliphatic heterocycles. The fourth-order valence-corrected chi connectivity index (χ4v) is 3.01. The van der Waals surface area contributed by atoms with Gasteiger partial charge in [-0.05, 0) is 40.2 Å². The molecule has 9 nitrogen and oxygen atoms in total. The van der Waals surface area contributed by atoms with Gasteiger partial charge in [-0.3, -0.25) is 4.79 Å². The summed E-state index contributed by atoms with van der Waals surface area (Å²) in [5.41, 5.74) is -0.0976. The first kappa shape index (κ1) is 22.2. The molecule has 29 heavy (non-hydrogen) atoms. The fraction of sp³-hybridized carbons (Fsp3) is 0.500. The lowest BCUT2D eigenvalue weighted by molar-refractivity contribution is -0.166. The predicted octanol–water partition coefficient (Wildman–Crippen LogP) is 2.63. The Balaban J connectivity index is 2.60. The monoisotopic (exact) mass is 406 g/mol. The maximum absolute atomic E-state index is 13.4. The third-order valence-electron chi connectivity index (χ3n) is 4.13. The van der Waals surface area contributed by atoms with Crippen molar-refractivity contribution in [3.05, 3.63) is 35.4 Å². The normalized spacial score (nSPS) is 17.9. The number of nitrogens with zero attached hydrogens (tertiary/aromatic N) is 1. The summed E-state index contributed by atoms with van der Waals surface area (Å²) in [4.78, 5) is 51.5. The predicted molar refractivity (Wildman–Crippen MR) is 102 cm³/mol. The molecule has 0 radical (unpaired) electrons. The van der Waals surface area contributed by atoms with Crippen molar-refractivity contribution in [3.8, 4) is 0 Å². The Morgan fingerprint density at radius 1 is 1.10 bits per heavy atom. The highest BCUT2D eigenvalue weighted by atomic mass is 16.6. The number of carbonyl (C=O) groups is 4. The SMILES string of the molecule is CCOC(=O)NN(C(=O)OCC)[C@@]1(C(=O)OC(C)(C)C)Cc2ccccc2C1=O. The minimum atomic E-state index is -2.16. The molecular weight excluding hydrogens is 380 g/mol. The number of hydrogen-bond acceptors (Lipinski definition) is 7. The van der Waals surface area contributed by atoms with Gasteiger partial charge in [0.2, 0.25) is 11.3 Å². The van der Waals surface area contributed by atoms with Crippen LogP contribution in [0.4, 0.5) is 9.59 Å². The van der Waals surface area contributed by atoms with Gasteiger partial charge in [0.1, 0.15) is 5.60 Å². The van der Waals surface area contributed by atoms with E-state index in [1.54, 1.807) is 58.9 Å². The van der Waals surface area contributed by atoms with E-state index in [4.69, 9.17) is 14.2 Å². The number of carbonyl (C=O) groups excluding carboxylic acids is 4. The minimum absolute atomic E-state index is 0.0239. The molecule has 0 saturated carbocycles. The number of esters is 1. The third-order valence-corrected chi connectivity index (χ3v) is 4.13. The molecule has 2 rings (SSSR count). The summed E-state index contributed by atoms with van der Waals surface area (Å²) >= 11 is 0. The van der Waals surface area contributed by atoms with E-state index < -0.39 is 35.1 Å². The molecule has 158 valence electrons. The number of Topliss-reactive ketones (excluding diaryl/α,β-unsaturated/α-hetero) is 1. The molecule has 1 aromatic rings. The smallest absolute Gasteiger partial charge is 0.430 e. The Kier molecular flexibility index (Phi) is 6.51. The first-order valence-corrected chi connectivity index (χ1v) is 9.33. The van der Waals surface area contributed by atoms with E-state index in [0.717, 1.165) is 0 Å². The zero-order valence-corrected chi connectivity index (χ0v) is 17.2. The van der Waals surface area contributed by atoms with Crippen LogP contribution >= 0.6 is 0 Å². The van der Waals surface area contributed by atoms with Crippen LogP contribution in [0.25, 0.3) is 0 Å². The van der Waals surface area contributed by atoms with Crippen molar-refractivity contribution in [3.63, 3.8) is 0 Å². The largest absolute Gasteiger partial charge is 0.458 e. The van der Waals surface area contributed by atoms with Crippen LogP contribution in [-0.2, 0) is 25.4 Å². The molecule has 1 N–H and O–H groups in total. The van der Waals surface area contributed by atoms with Crippen LogP contribution in [0.2, 0.25) is 0 Å². The van der Waals surface area contributed by atoms with Crippen molar-refractivity contribution < 1.29 is 33.4 Å². The Labute approximate surface area is 169 Å². The number of rotatable bonds is 4. The summed E-state index contributed by atoms with van der Waals surface area (Å²) in [6.45, 7) is 8.04. The quantitative estimate of drug-likeness (QED) is 0.354. The van der Waals surface area contributed by atoms with E-state index in [1.165, 1.54) is 0 Å². The third kappa shape index (κ3) is 4.49. The van der Waals surface area contributed by atoms with Crippen LogP contribution in [0.5, 0.6) is 0 Å². The number of fused-ring (bicyclic) bond motifs is 1. The number of ether oxygens (including phenoxy) is 3. The summed E-state index contributed by atoms with van der Waals surface area (Å²) in [6, 6.07) is 6.59. The van der Waals surface area contributed by atoms with Crippen LogP contribution in [0.1, 0.15) is 50.5 Å². The van der Waals surface area contributed by atoms with Gasteiger partial charge < -0.3 is 14.2 Å². The van der Waals surface area contributed by atoms with Crippen LogP contribution < -0.4 is 5.43 Å². The summed E-state index contributed by atoms with van der Waals surface area (Å²) in [5, 5.41) is 0.588. The van der Waals surface area contributed by atoms with Crippen molar-refractivity contribution in [2.24, 2.45) is 0 Å². The molecule has 0 heterocycles. The molecule has 1 aliphatic rings. The summed E-state index contributed by atoms with van der Waals surface area (Å²) in [5.74, 6) is -1.65. The lowest BCUT2D eigenvalue weighted by Gasteiger charge is -2.37. The van der Waals surface area contributed by atoms with Crippen molar-refractivity contribution >= 4 is 23.9 Å². The number of hydrazine groups is 1. The van der Waals surface area contributed by atoms with Gasteiger partial charge in [-0.15, -0.1) is 0 Å². The average Bonchev–Trinajstić information content (AvgIpc) is 2.93. The second kappa shape index (κ2) is 8.50. The lowest BCUT2D eigenvalue weighted by atomic mass is 9.93. The van der Waals surface area contributed by atoms with Gasteiger partial charge in [-0.2, -0.15) is 5.01 Å². The first-order chi connectivity index (χ1) is 13.6. The number of hydrogen-bond donors (Lipinski definition) is 1. The second-order valence-electron chi connectivity index (χ2n) is 7.39. The van der Waals surface area contributed by atoms with Crippen molar-refractivity contribution in [2.75, 3.05) is 13.2 Å². The molecule has 2 amide bonds. The lowest BCUT2D eigenvalue weighted by Crippen LogP contribution is -2.68. The van der Waals surface area contributed by atoms with E-state index in [9.17, 15) is 19.2 Å². The van der Waals surface area contributed by atoms with Gasteiger partial charge in [0, 0.05) is 12.0 Å². The van der Waals surface area contributed by atoms with Gasteiger partial charge in [-0.25, -0.2) is 19.8 Å². The van der Waals surface area contributed by atoms with Crippen molar-refractivity contribution in [2.45, 2.75) is 52.2 Å². The molecule has 0 unspecified atom stereocenters.